The van der Waals surface area contributed by atoms with E-state index in [-0.39, 0.29) is 30.7 Å². The van der Waals surface area contributed by atoms with Gasteiger partial charge in [0.05, 0.1) is 23.1 Å². The van der Waals surface area contributed by atoms with Crippen molar-refractivity contribution in [2.75, 3.05) is 31.5 Å². The van der Waals surface area contributed by atoms with Crippen molar-refractivity contribution in [1.29, 1.82) is 0 Å². The van der Waals surface area contributed by atoms with E-state index in [0.717, 1.165) is 106 Å². The first-order valence-electron chi connectivity index (χ1n) is 19.4. The SMILES string of the molecule is Cn1ncc(-c2nc(N[C@H]3CC[C@H](NCCCN4CCC(c5cc(F)cc6c5CN(C5CCC(=O)NC5=O)C6=O)CC4)CC3)ncc2Cl)c1CC1CC1. The van der Waals surface area contributed by atoms with Gasteiger partial charge >= 0.3 is 0 Å². The number of nitrogens with one attached hydrogen (secondary N) is 3. The smallest absolute Gasteiger partial charge is 0.255 e. The zero-order valence-corrected chi connectivity index (χ0v) is 31.1. The third-order valence-electron chi connectivity index (χ3n) is 12.1. The number of amides is 3. The number of hydrogen-bond acceptors (Lipinski definition) is 9. The highest BCUT2D eigenvalue weighted by Gasteiger charge is 2.41. The summed E-state index contributed by atoms with van der Waals surface area (Å²) in [6.07, 6.45) is 14.8. The maximum Gasteiger partial charge on any atom is 0.255 e. The minimum absolute atomic E-state index is 0.164. The second kappa shape index (κ2) is 15.4. The number of rotatable bonds is 12. The van der Waals surface area contributed by atoms with Gasteiger partial charge in [0.1, 0.15) is 11.9 Å². The van der Waals surface area contributed by atoms with Crippen LogP contribution < -0.4 is 16.0 Å². The lowest BCUT2D eigenvalue weighted by atomic mass is 9.85. The fourth-order valence-corrected chi connectivity index (χ4v) is 9.03. The standard InChI is InChI=1S/C39H49ClFN9O3/c1-48-34(17-23-3-4-23)30(20-44-48)36-32(40)21-43-39(47-36)45-27-7-5-26(6-8-27)42-13-2-14-49-15-11-24(12-16-49)28-18-25(41)19-29-31(28)22-50(38(29)53)33-9-10-35(51)46-37(33)52/h18-21,23-24,26-27,33,42H,2-17,22H2,1H3,(H,43,45,47)(H,46,51,52)/t26-,27-,33?. The Morgan fingerprint density at radius 3 is 2.49 bits per heavy atom. The number of nitrogens with zero attached hydrogens (tertiary/aromatic N) is 6. The molecule has 1 aromatic carbocycles. The number of halogens is 2. The Hall–Kier alpha value is -3.94. The van der Waals surface area contributed by atoms with Gasteiger partial charge in [0.2, 0.25) is 17.8 Å². The normalized spacial score (nSPS) is 24.1. The van der Waals surface area contributed by atoms with Gasteiger partial charge in [-0.3, -0.25) is 24.4 Å². The van der Waals surface area contributed by atoms with Gasteiger partial charge in [0.15, 0.2) is 0 Å². The van der Waals surface area contributed by atoms with Crippen LogP contribution in [0.5, 0.6) is 0 Å². The molecule has 2 aliphatic carbocycles. The number of aromatic nitrogens is 4. The molecule has 8 rings (SSSR count). The molecule has 12 nitrogen and oxygen atoms in total. The number of carbonyl (C=O) groups excluding carboxylic acids is 3. The van der Waals surface area contributed by atoms with Crippen LogP contribution in [0.1, 0.15) is 104 Å². The number of hydrogen-bond donors (Lipinski definition) is 3. The molecule has 3 aromatic rings. The Kier molecular flexibility index (Phi) is 10.5. The fourth-order valence-electron chi connectivity index (χ4n) is 8.84. The van der Waals surface area contributed by atoms with Gasteiger partial charge in [-0.2, -0.15) is 5.10 Å². The number of aryl methyl sites for hydroxylation is 1. The van der Waals surface area contributed by atoms with Gasteiger partial charge in [-0.25, -0.2) is 14.4 Å². The molecule has 0 spiro atoms. The molecule has 1 atom stereocenters. The summed E-state index contributed by atoms with van der Waals surface area (Å²) >= 11 is 6.59. The first-order chi connectivity index (χ1) is 25.7. The molecule has 3 aliphatic heterocycles. The summed E-state index contributed by atoms with van der Waals surface area (Å²) in [5, 5.41) is 14.7. The number of benzene rings is 1. The largest absolute Gasteiger partial charge is 0.351 e. The minimum Gasteiger partial charge on any atom is -0.351 e. The molecule has 2 saturated carbocycles. The average molecular weight is 746 g/mol. The molecule has 2 aromatic heterocycles. The summed E-state index contributed by atoms with van der Waals surface area (Å²) in [5.41, 5.74) is 5.01. The van der Waals surface area contributed by atoms with Crippen LogP contribution in [0, 0.1) is 11.7 Å². The van der Waals surface area contributed by atoms with Crippen molar-refractivity contribution < 1.29 is 18.8 Å². The number of piperidine rings is 2. The van der Waals surface area contributed by atoms with Gasteiger partial charge < -0.3 is 20.4 Å². The van der Waals surface area contributed by atoms with Gasteiger partial charge in [-0.05, 0) is 132 Å². The molecule has 0 bridgehead atoms. The minimum atomic E-state index is -0.703. The van der Waals surface area contributed by atoms with Crippen LogP contribution in [0.2, 0.25) is 5.02 Å². The van der Waals surface area contributed by atoms with E-state index in [2.05, 4.69) is 30.9 Å². The second-order valence-electron chi connectivity index (χ2n) is 15.7. The van der Waals surface area contributed by atoms with Crippen LogP contribution in [-0.4, -0.2) is 91.6 Å². The molecule has 0 radical (unpaired) electrons. The Labute approximate surface area is 314 Å². The van der Waals surface area contributed by atoms with Gasteiger partial charge in [0, 0.05) is 48.9 Å². The van der Waals surface area contributed by atoms with Crippen molar-refractivity contribution in [1.82, 2.24) is 40.2 Å². The maximum absolute atomic E-state index is 14.8. The third kappa shape index (κ3) is 7.98. The molecule has 282 valence electrons. The number of fused-ring (bicyclic) bond motifs is 1. The predicted octanol–water partition coefficient (Wildman–Crippen LogP) is 4.97. The fraction of sp³-hybridized carbons (Fsp3) is 0.590. The van der Waals surface area contributed by atoms with E-state index in [1.807, 2.05) is 17.9 Å². The zero-order valence-electron chi connectivity index (χ0n) is 30.4. The van der Waals surface area contributed by atoms with E-state index >= 15 is 0 Å². The van der Waals surface area contributed by atoms with Crippen molar-refractivity contribution in [2.24, 2.45) is 13.0 Å². The number of imide groups is 1. The summed E-state index contributed by atoms with van der Waals surface area (Å²) in [4.78, 5) is 50.8. The van der Waals surface area contributed by atoms with Crippen molar-refractivity contribution >= 4 is 35.3 Å². The van der Waals surface area contributed by atoms with E-state index in [1.165, 1.54) is 29.5 Å². The molecular formula is C39H49ClFN9O3. The average Bonchev–Trinajstić information content (AvgIpc) is 3.83. The summed E-state index contributed by atoms with van der Waals surface area (Å²) in [5.74, 6) is 0.00757. The molecule has 3 amide bonds. The van der Waals surface area contributed by atoms with Crippen LogP contribution in [-0.2, 0) is 29.6 Å². The van der Waals surface area contributed by atoms with Gasteiger partial charge in [-0.15, -0.1) is 0 Å². The molecule has 5 aliphatic rings. The predicted molar refractivity (Wildman–Crippen MR) is 199 cm³/mol. The van der Waals surface area contributed by atoms with Gasteiger partial charge in [-0.1, -0.05) is 11.6 Å². The Balaban J connectivity index is 0.766. The number of likely N-dealkylation sites (tertiary alicyclic amines) is 1. The molecule has 14 heteroatoms. The molecule has 4 fully saturated rings. The van der Waals surface area contributed by atoms with Crippen molar-refractivity contribution in [2.45, 2.75) is 108 Å². The van der Waals surface area contributed by atoms with Crippen LogP contribution in [0.3, 0.4) is 0 Å². The molecular weight excluding hydrogens is 697 g/mol. The van der Waals surface area contributed by atoms with E-state index in [4.69, 9.17) is 16.6 Å². The molecule has 1 unspecified atom stereocenters. The highest BCUT2D eigenvalue weighted by molar-refractivity contribution is 6.33. The lowest BCUT2D eigenvalue weighted by Gasteiger charge is -2.33. The summed E-state index contributed by atoms with van der Waals surface area (Å²) in [7, 11) is 1.99. The van der Waals surface area contributed by atoms with Crippen LogP contribution in [0.15, 0.2) is 24.5 Å². The Morgan fingerprint density at radius 1 is 0.962 bits per heavy atom. The topological polar surface area (TPSA) is 137 Å². The van der Waals surface area contributed by atoms with Crippen molar-refractivity contribution in [3.63, 3.8) is 0 Å². The quantitative estimate of drug-likeness (QED) is 0.174. The summed E-state index contributed by atoms with van der Waals surface area (Å²) in [6.45, 7) is 4.11. The molecule has 5 heterocycles. The summed E-state index contributed by atoms with van der Waals surface area (Å²) in [6, 6.07) is 3.00. The lowest BCUT2D eigenvalue weighted by molar-refractivity contribution is -0.136. The summed E-state index contributed by atoms with van der Waals surface area (Å²) < 4.78 is 16.8. The monoisotopic (exact) mass is 745 g/mol. The highest BCUT2D eigenvalue weighted by atomic mass is 35.5. The Bertz CT molecular complexity index is 1870. The second-order valence-corrected chi connectivity index (χ2v) is 16.1. The number of anilines is 1. The van der Waals surface area contributed by atoms with Crippen LogP contribution in [0.4, 0.5) is 10.3 Å². The first-order valence-corrected chi connectivity index (χ1v) is 19.8. The molecule has 3 N–H and O–H groups in total. The van der Waals surface area contributed by atoms with Crippen molar-refractivity contribution in [3.8, 4) is 11.3 Å². The van der Waals surface area contributed by atoms with Crippen LogP contribution >= 0.6 is 11.6 Å². The maximum atomic E-state index is 14.8. The number of carbonyl (C=O) groups is 3. The van der Waals surface area contributed by atoms with E-state index in [9.17, 15) is 18.8 Å². The van der Waals surface area contributed by atoms with Crippen LogP contribution in [0.25, 0.3) is 11.3 Å². The van der Waals surface area contributed by atoms with E-state index in [0.29, 0.717) is 35.0 Å². The molecule has 2 saturated heterocycles. The van der Waals surface area contributed by atoms with E-state index < -0.39 is 17.8 Å². The lowest BCUT2D eigenvalue weighted by Crippen LogP contribution is -2.52. The first kappa shape index (κ1) is 36.1. The van der Waals surface area contributed by atoms with Gasteiger partial charge in [0.25, 0.3) is 5.91 Å². The van der Waals surface area contributed by atoms with E-state index in [1.54, 1.807) is 12.3 Å². The third-order valence-corrected chi connectivity index (χ3v) is 12.3. The zero-order chi connectivity index (χ0) is 36.6. The molecule has 53 heavy (non-hydrogen) atoms. The van der Waals surface area contributed by atoms with Crippen molar-refractivity contribution in [3.05, 3.63) is 57.8 Å². The highest BCUT2D eigenvalue weighted by Crippen LogP contribution is 2.39. The Morgan fingerprint density at radius 2 is 1.74 bits per heavy atom.